The first-order chi connectivity index (χ1) is 16.4. The summed E-state index contributed by atoms with van der Waals surface area (Å²) >= 11 is 0. The Morgan fingerprint density at radius 2 is 1.74 bits per heavy atom. The number of aromatic hydroxyl groups is 1. The van der Waals surface area contributed by atoms with E-state index in [1.807, 2.05) is 0 Å². The summed E-state index contributed by atoms with van der Waals surface area (Å²) in [5, 5.41) is 69.1. The maximum atomic E-state index is 12.1. The summed E-state index contributed by atoms with van der Waals surface area (Å²) in [6.45, 7) is -0.694. The number of phenolic OH excluding ortho intramolecular Hbond substituents is 1. The van der Waals surface area contributed by atoms with Crippen molar-refractivity contribution in [3.63, 3.8) is 0 Å². The van der Waals surface area contributed by atoms with Crippen LogP contribution in [-0.4, -0.2) is 118 Å². The molecule has 1 fully saturated rings. The number of esters is 1. The zero-order valence-corrected chi connectivity index (χ0v) is 19.5. The fourth-order valence-electron chi connectivity index (χ4n) is 3.05. The molecule has 0 bridgehead atoms. The SMILES string of the molecule is COc1cc(/C=C/C(=O)OC[C@H]2O[C@@H](OC[C@H](O)[C@](C)(O)CO)[C@H](O)[C@@H](O)[C@@H]2O)cc(OC)c1O. The zero-order valence-electron chi connectivity index (χ0n) is 19.5. The van der Waals surface area contributed by atoms with Gasteiger partial charge in [0.05, 0.1) is 27.4 Å². The van der Waals surface area contributed by atoms with E-state index in [1.165, 1.54) is 32.4 Å². The molecular formula is C22H32O13. The van der Waals surface area contributed by atoms with Gasteiger partial charge in [-0.3, -0.25) is 0 Å². The molecule has 0 unspecified atom stereocenters. The van der Waals surface area contributed by atoms with E-state index in [0.29, 0.717) is 5.56 Å². The van der Waals surface area contributed by atoms with Crippen LogP contribution in [0.4, 0.5) is 0 Å². The van der Waals surface area contributed by atoms with Gasteiger partial charge in [0.2, 0.25) is 5.75 Å². The van der Waals surface area contributed by atoms with Crippen LogP contribution in [0.2, 0.25) is 0 Å². The lowest BCUT2D eigenvalue weighted by atomic mass is 9.99. The second-order valence-electron chi connectivity index (χ2n) is 8.12. The number of aliphatic hydroxyl groups is 6. The molecule has 1 aromatic rings. The minimum atomic E-state index is -1.88. The van der Waals surface area contributed by atoms with Gasteiger partial charge in [0.15, 0.2) is 17.8 Å². The molecule has 1 saturated heterocycles. The fraction of sp³-hybridized carbons (Fsp3) is 0.591. The van der Waals surface area contributed by atoms with E-state index >= 15 is 0 Å². The summed E-state index contributed by atoms with van der Waals surface area (Å²) in [5.74, 6) is -0.789. The molecule has 2 rings (SSSR count). The summed E-state index contributed by atoms with van der Waals surface area (Å²) in [7, 11) is 2.70. The first-order valence-corrected chi connectivity index (χ1v) is 10.6. The van der Waals surface area contributed by atoms with Gasteiger partial charge >= 0.3 is 5.97 Å². The van der Waals surface area contributed by atoms with Crippen molar-refractivity contribution < 1.29 is 64.2 Å². The molecule has 0 saturated carbocycles. The van der Waals surface area contributed by atoms with Gasteiger partial charge in [-0.15, -0.1) is 0 Å². The van der Waals surface area contributed by atoms with Crippen molar-refractivity contribution in [3.05, 3.63) is 23.8 Å². The molecule has 35 heavy (non-hydrogen) atoms. The predicted molar refractivity (Wildman–Crippen MR) is 118 cm³/mol. The number of carbonyl (C=O) groups excluding carboxylic acids is 1. The molecular weight excluding hydrogens is 472 g/mol. The van der Waals surface area contributed by atoms with Crippen LogP contribution >= 0.6 is 0 Å². The normalized spacial score (nSPS) is 27.3. The van der Waals surface area contributed by atoms with Gasteiger partial charge < -0.3 is 59.4 Å². The van der Waals surface area contributed by atoms with Crippen LogP contribution in [0.25, 0.3) is 6.08 Å². The minimum Gasteiger partial charge on any atom is -0.502 e. The van der Waals surface area contributed by atoms with E-state index in [1.54, 1.807) is 0 Å². The van der Waals surface area contributed by atoms with E-state index in [4.69, 9.17) is 28.8 Å². The number of aliphatic hydroxyl groups excluding tert-OH is 5. The van der Waals surface area contributed by atoms with Crippen molar-refractivity contribution in [3.8, 4) is 17.2 Å². The average Bonchev–Trinajstić information content (AvgIpc) is 2.85. The molecule has 0 aromatic heterocycles. The third-order valence-electron chi connectivity index (χ3n) is 5.43. The van der Waals surface area contributed by atoms with E-state index in [2.05, 4.69) is 0 Å². The highest BCUT2D eigenvalue weighted by atomic mass is 16.7. The number of ether oxygens (including phenoxy) is 5. The summed E-state index contributed by atoms with van der Waals surface area (Å²) < 4.78 is 25.7. The van der Waals surface area contributed by atoms with Gasteiger partial charge in [0.25, 0.3) is 0 Å². The first kappa shape index (κ1) is 28.7. The molecule has 1 heterocycles. The molecule has 0 spiro atoms. The summed E-state index contributed by atoms with van der Waals surface area (Å²) in [5.41, 5.74) is -1.43. The third kappa shape index (κ3) is 7.25. The quantitative estimate of drug-likeness (QED) is 0.127. The highest BCUT2D eigenvalue weighted by Crippen LogP contribution is 2.37. The number of methoxy groups -OCH3 is 2. The molecule has 13 nitrogen and oxygen atoms in total. The van der Waals surface area contributed by atoms with Crippen LogP contribution in [0.1, 0.15) is 12.5 Å². The molecule has 7 N–H and O–H groups in total. The second-order valence-corrected chi connectivity index (χ2v) is 8.12. The smallest absolute Gasteiger partial charge is 0.330 e. The highest BCUT2D eigenvalue weighted by Gasteiger charge is 2.45. The van der Waals surface area contributed by atoms with Crippen LogP contribution in [0.5, 0.6) is 17.2 Å². The molecule has 0 radical (unpaired) electrons. The lowest BCUT2D eigenvalue weighted by Gasteiger charge is -2.40. The van der Waals surface area contributed by atoms with E-state index in [9.17, 15) is 35.4 Å². The van der Waals surface area contributed by atoms with Crippen LogP contribution in [0, 0.1) is 0 Å². The molecule has 1 aromatic carbocycles. The van der Waals surface area contributed by atoms with Crippen molar-refractivity contribution in [1.29, 1.82) is 0 Å². The highest BCUT2D eigenvalue weighted by molar-refractivity contribution is 5.87. The molecule has 1 aliphatic rings. The maximum absolute atomic E-state index is 12.1. The lowest BCUT2D eigenvalue weighted by Crippen LogP contribution is -2.60. The van der Waals surface area contributed by atoms with Gasteiger partial charge in [-0.25, -0.2) is 4.79 Å². The Hall–Kier alpha value is -2.49. The van der Waals surface area contributed by atoms with E-state index in [-0.39, 0.29) is 17.2 Å². The number of benzene rings is 1. The van der Waals surface area contributed by atoms with Gasteiger partial charge in [0.1, 0.15) is 42.7 Å². The summed E-state index contributed by atoms with van der Waals surface area (Å²) in [4.78, 5) is 12.1. The number of rotatable bonds is 11. The van der Waals surface area contributed by atoms with Gasteiger partial charge in [-0.05, 0) is 30.7 Å². The Kier molecular flexibility index (Phi) is 10.2. The van der Waals surface area contributed by atoms with Crippen LogP contribution < -0.4 is 9.47 Å². The van der Waals surface area contributed by atoms with Crippen molar-refractivity contribution >= 4 is 12.0 Å². The fourth-order valence-corrected chi connectivity index (χ4v) is 3.05. The molecule has 7 atom stereocenters. The second kappa shape index (κ2) is 12.5. The standard InChI is InChI=1S/C22H32O13/c1-22(30,10-23)15(24)9-34-21-20(29)19(28)18(27)14(35-21)8-33-16(25)5-4-11-6-12(31-2)17(26)13(7-11)32-3/h4-7,14-15,18-21,23-24,26-30H,8-10H2,1-3H3/b5-4+/t14-,15+,18-,19+,20-,21-,22-/m1/s1. The van der Waals surface area contributed by atoms with Crippen molar-refractivity contribution in [1.82, 2.24) is 0 Å². The Morgan fingerprint density at radius 3 is 2.29 bits per heavy atom. The van der Waals surface area contributed by atoms with Crippen LogP contribution in [0.15, 0.2) is 18.2 Å². The number of hydrogen-bond acceptors (Lipinski definition) is 13. The predicted octanol–water partition coefficient (Wildman–Crippen LogP) is -2.11. The average molecular weight is 504 g/mol. The molecule has 0 aliphatic carbocycles. The summed E-state index contributed by atoms with van der Waals surface area (Å²) in [6, 6.07) is 2.91. The molecule has 1 aliphatic heterocycles. The largest absolute Gasteiger partial charge is 0.502 e. The van der Waals surface area contributed by atoms with Crippen molar-refractivity contribution in [2.75, 3.05) is 34.0 Å². The monoisotopic (exact) mass is 504 g/mol. The Morgan fingerprint density at radius 1 is 1.14 bits per heavy atom. The van der Waals surface area contributed by atoms with Crippen LogP contribution in [0.3, 0.4) is 0 Å². The number of hydrogen-bond donors (Lipinski definition) is 7. The summed E-state index contributed by atoms with van der Waals surface area (Å²) in [6.07, 6.45) is -7.00. The molecule has 198 valence electrons. The van der Waals surface area contributed by atoms with Gasteiger partial charge in [-0.1, -0.05) is 0 Å². The number of phenols is 1. The third-order valence-corrected chi connectivity index (χ3v) is 5.43. The van der Waals surface area contributed by atoms with Crippen molar-refractivity contribution in [2.45, 2.75) is 49.3 Å². The van der Waals surface area contributed by atoms with Gasteiger partial charge in [-0.2, -0.15) is 0 Å². The zero-order chi connectivity index (χ0) is 26.3. The Bertz CT molecular complexity index is 846. The van der Waals surface area contributed by atoms with Gasteiger partial charge in [0, 0.05) is 6.08 Å². The topological polar surface area (TPSA) is 205 Å². The van der Waals surface area contributed by atoms with Crippen molar-refractivity contribution in [2.24, 2.45) is 0 Å². The molecule has 0 amide bonds. The van der Waals surface area contributed by atoms with Crippen LogP contribution in [-0.2, 0) is 19.0 Å². The van der Waals surface area contributed by atoms with E-state index in [0.717, 1.165) is 13.0 Å². The lowest BCUT2D eigenvalue weighted by molar-refractivity contribution is -0.308. The molecule has 13 heteroatoms. The Balaban J connectivity index is 1.98. The first-order valence-electron chi connectivity index (χ1n) is 10.6. The Labute approximate surface area is 201 Å². The minimum absolute atomic E-state index is 0.125. The van der Waals surface area contributed by atoms with E-state index < -0.39 is 68.2 Å². The number of carbonyl (C=O) groups is 1. The maximum Gasteiger partial charge on any atom is 0.330 e.